The van der Waals surface area contributed by atoms with E-state index in [1.54, 1.807) is 12.4 Å². The zero-order chi connectivity index (χ0) is 20.7. The summed E-state index contributed by atoms with van der Waals surface area (Å²) >= 11 is 0. The van der Waals surface area contributed by atoms with Gasteiger partial charge in [-0.05, 0) is 59.9 Å². The summed E-state index contributed by atoms with van der Waals surface area (Å²) in [5.41, 5.74) is 7.30. The molecule has 5 nitrogen and oxygen atoms in total. The van der Waals surface area contributed by atoms with Crippen molar-refractivity contribution in [3.63, 3.8) is 0 Å². The van der Waals surface area contributed by atoms with Gasteiger partial charge in [-0.2, -0.15) is 5.10 Å². The highest BCUT2D eigenvalue weighted by Gasteiger charge is 2.50. The predicted molar refractivity (Wildman–Crippen MR) is 119 cm³/mol. The lowest BCUT2D eigenvalue weighted by Gasteiger charge is -2.55. The van der Waals surface area contributed by atoms with Crippen LogP contribution in [0.25, 0.3) is 22.2 Å². The third-order valence-electron chi connectivity index (χ3n) is 6.83. The van der Waals surface area contributed by atoms with E-state index < -0.39 is 0 Å². The molecule has 2 atom stereocenters. The lowest BCUT2D eigenvalue weighted by atomic mass is 9.49. The number of rotatable bonds is 4. The molecule has 1 saturated carbocycles. The molecule has 1 aromatic carbocycles. The topological polar surface area (TPSA) is 67.2 Å². The number of carbonyl (C=O) groups excluding carboxylic acids is 1. The number of nitrogens with zero attached hydrogens (tertiary/aromatic N) is 3. The zero-order valence-electron chi connectivity index (χ0n) is 17.2. The number of carbonyl (C=O) groups is 1. The summed E-state index contributed by atoms with van der Waals surface area (Å²) in [6, 6.07) is 13.3. The van der Waals surface area contributed by atoms with Crippen molar-refractivity contribution in [2.45, 2.75) is 26.7 Å². The zero-order valence-corrected chi connectivity index (χ0v) is 17.2. The number of pyridine rings is 2. The van der Waals surface area contributed by atoms with Crippen molar-refractivity contribution in [1.82, 2.24) is 15.4 Å². The lowest BCUT2D eigenvalue weighted by molar-refractivity contribution is -0.00126. The van der Waals surface area contributed by atoms with Crippen LogP contribution in [0, 0.1) is 17.3 Å². The first-order valence-corrected chi connectivity index (χ1v) is 10.4. The van der Waals surface area contributed by atoms with Gasteiger partial charge in [0.1, 0.15) is 0 Å². The molecule has 2 bridgehead atoms. The van der Waals surface area contributed by atoms with Gasteiger partial charge >= 0.3 is 0 Å². The van der Waals surface area contributed by atoms with E-state index in [9.17, 15) is 4.79 Å². The number of allylic oxidation sites excluding steroid dienone is 2. The van der Waals surface area contributed by atoms with Crippen molar-refractivity contribution in [2.75, 3.05) is 0 Å². The normalized spacial score (nSPS) is 21.9. The smallest absolute Gasteiger partial charge is 0.267 e. The van der Waals surface area contributed by atoms with Crippen LogP contribution in [0.4, 0.5) is 0 Å². The highest BCUT2D eigenvalue weighted by Crippen LogP contribution is 2.58. The molecule has 30 heavy (non-hydrogen) atoms. The first-order chi connectivity index (χ1) is 14.5. The molecular formula is C25H24N4O. The molecule has 0 spiro atoms. The molecule has 3 aliphatic rings. The quantitative estimate of drug-likeness (QED) is 0.498. The summed E-state index contributed by atoms with van der Waals surface area (Å²) in [6.45, 7) is 4.66. The summed E-state index contributed by atoms with van der Waals surface area (Å²) in [5.74, 6) is 1.09. The first-order valence-electron chi connectivity index (χ1n) is 10.4. The van der Waals surface area contributed by atoms with Crippen LogP contribution in [0.5, 0.6) is 0 Å². The molecule has 0 aliphatic heterocycles. The number of hydrazone groups is 1. The number of amides is 1. The van der Waals surface area contributed by atoms with Crippen LogP contribution >= 0.6 is 0 Å². The summed E-state index contributed by atoms with van der Waals surface area (Å²) in [6.07, 6.45) is 9.86. The molecule has 1 N–H and O–H groups in total. The van der Waals surface area contributed by atoms with E-state index in [4.69, 9.17) is 4.98 Å². The van der Waals surface area contributed by atoms with Gasteiger partial charge < -0.3 is 0 Å². The molecule has 3 aromatic rings. The fourth-order valence-electron chi connectivity index (χ4n) is 4.80. The van der Waals surface area contributed by atoms with Crippen LogP contribution < -0.4 is 5.43 Å². The Labute approximate surface area is 175 Å². The first kappa shape index (κ1) is 18.7. The van der Waals surface area contributed by atoms with E-state index in [1.165, 1.54) is 12.0 Å². The Morgan fingerprint density at radius 3 is 2.77 bits per heavy atom. The second-order valence-electron chi connectivity index (χ2n) is 8.75. The molecule has 1 amide bonds. The maximum absolute atomic E-state index is 13.0. The van der Waals surface area contributed by atoms with Gasteiger partial charge in [0.25, 0.3) is 5.91 Å². The number of aromatic nitrogens is 2. The van der Waals surface area contributed by atoms with Gasteiger partial charge in [0, 0.05) is 23.3 Å². The molecule has 2 aromatic heterocycles. The Kier molecular flexibility index (Phi) is 4.46. The standard InChI is InChI=1S/C25H24N4O/c1-25(2)18-8-7-17(21(25)13-18)15-27-29-24(30)20-14-23(16-9-11-26-12-10-16)28-22-6-4-3-5-19(20)22/h3-7,9-12,14-15,18,21H,8,13H2,1-2H3,(H,29,30)/b27-15+. The van der Waals surface area contributed by atoms with E-state index in [-0.39, 0.29) is 5.91 Å². The highest BCUT2D eigenvalue weighted by atomic mass is 16.2. The number of para-hydroxylation sites is 1. The highest BCUT2D eigenvalue weighted by molar-refractivity contribution is 6.07. The van der Waals surface area contributed by atoms with Gasteiger partial charge in [-0.3, -0.25) is 9.78 Å². The van der Waals surface area contributed by atoms with Gasteiger partial charge in [0.2, 0.25) is 0 Å². The molecule has 6 rings (SSSR count). The minimum absolute atomic E-state index is 0.234. The van der Waals surface area contributed by atoms with Crippen molar-refractivity contribution in [1.29, 1.82) is 0 Å². The van der Waals surface area contributed by atoms with Crippen LogP contribution in [-0.2, 0) is 0 Å². The Hall–Kier alpha value is -3.34. The summed E-state index contributed by atoms with van der Waals surface area (Å²) < 4.78 is 0. The second kappa shape index (κ2) is 7.17. The maximum atomic E-state index is 13.0. The Bertz CT molecular complexity index is 1180. The van der Waals surface area contributed by atoms with Crippen LogP contribution in [0.3, 0.4) is 0 Å². The van der Waals surface area contributed by atoms with Crippen molar-refractivity contribution in [2.24, 2.45) is 22.4 Å². The molecular weight excluding hydrogens is 372 g/mol. The molecule has 150 valence electrons. The molecule has 0 saturated heterocycles. The number of hydrogen-bond acceptors (Lipinski definition) is 4. The monoisotopic (exact) mass is 396 g/mol. The number of nitrogens with one attached hydrogen (secondary N) is 1. The van der Waals surface area contributed by atoms with E-state index in [0.29, 0.717) is 16.9 Å². The minimum atomic E-state index is -0.234. The Balaban J connectivity index is 1.43. The van der Waals surface area contributed by atoms with Gasteiger partial charge in [0.05, 0.1) is 23.0 Å². The summed E-state index contributed by atoms with van der Waals surface area (Å²) in [4.78, 5) is 21.8. The number of hydrogen-bond donors (Lipinski definition) is 1. The summed E-state index contributed by atoms with van der Waals surface area (Å²) in [7, 11) is 0. The van der Waals surface area contributed by atoms with Crippen molar-refractivity contribution in [3.8, 4) is 11.3 Å². The Morgan fingerprint density at radius 1 is 1.20 bits per heavy atom. The number of fused-ring (bicyclic) bond motifs is 2. The molecule has 5 heteroatoms. The van der Waals surface area contributed by atoms with Crippen molar-refractivity contribution in [3.05, 3.63) is 72.1 Å². The average molecular weight is 396 g/mol. The Morgan fingerprint density at radius 2 is 2.00 bits per heavy atom. The molecule has 3 aliphatic carbocycles. The van der Waals surface area contributed by atoms with Gasteiger partial charge in [-0.25, -0.2) is 10.4 Å². The van der Waals surface area contributed by atoms with Gasteiger partial charge in [0.15, 0.2) is 0 Å². The molecule has 2 heterocycles. The minimum Gasteiger partial charge on any atom is -0.267 e. The van der Waals surface area contributed by atoms with Crippen LogP contribution in [0.1, 0.15) is 37.0 Å². The SMILES string of the molecule is CC1(C)C2CC=C(/C=N/NC(=O)c3cc(-c4ccncc4)nc4ccccc34)C1C2. The predicted octanol–water partition coefficient (Wildman–Crippen LogP) is 5.00. The molecule has 2 unspecified atom stereocenters. The third-order valence-corrected chi connectivity index (χ3v) is 6.83. The lowest BCUT2D eigenvalue weighted by Crippen LogP contribution is -2.48. The van der Waals surface area contributed by atoms with E-state index in [1.807, 2.05) is 48.7 Å². The van der Waals surface area contributed by atoms with Crippen molar-refractivity contribution < 1.29 is 4.79 Å². The molecule has 1 fully saturated rings. The number of benzene rings is 1. The van der Waals surface area contributed by atoms with Gasteiger partial charge in [-0.15, -0.1) is 0 Å². The summed E-state index contributed by atoms with van der Waals surface area (Å²) in [5, 5.41) is 5.11. The van der Waals surface area contributed by atoms with Crippen LogP contribution in [0.15, 0.2) is 71.6 Å². The average Bonchev–Trinajstić information content (AvgIpc) is 2.78. The van der Waals surface area contributed by atoms with E-state index in [2.05, 4.69) is 35.4 Å². The molecule has 0 radical (unpaired) electrons. The second-order valence-corrected chi connectivity index (χ2v) is 8.75. The largest absolute Gasteiger partial charge is 0.272 e. The van der Waals surface area contributed by atoms with Crippen LogP contribution in [0.2, 0.25) is 0 Å². The van der Waals surface area contributed by atoms with Crippen LogP contribution in [-0.4, -0.2) is 22.1 Å². The maximum Gasteiger partial charge on any atom is 0.272 e. The van der Waals surface area contributed by atoms with Gasteiger partial charge in [-0.1, -0.05) is 38.1 Å². The fourth-order valence-corrected chi connectivity index (χ4v) is 4.80. The van der Waals surface area contributed by atoms with E-state index >= 15 is 0 Å². The van der Waals surface area contributed by atoms with Crippen molar-refractivity contribution >= 4 is 23.0 Å². The van der Waals surface area contributed by atoms with E-state index in [0.717, 1.165) is 34.5 Å². The fraction of sp³-hybridized carbons (Fsp3) is 0.280. The third kappa shape index (κ3) is 3.11.